The second-order valence-corrected chi connectivity index (χ2v) is 5.42. The maximum Gasteiger partial charge on any atom is 0.333 e. The Bertz CT molecular complexity index is 1080. The van der Waals surface area contributed by atoms with Gasteiger partial charge >= 0.3 is 5.69 Å². The minimum atomic E-state index is -0.482. The largest absolute Gasteiger partial charge is 0.333 e. The molecule has 21 heavy (non-hydrogen) atoms. The summed E-state index contributed by atoms with van der Waals surface area (Å²) in [5.41, 5.74) is 0.845. The lowest BCUT2D eigenvalue weighted by Crippen LogP contribution is -2.28. The Balaban J connectivity index is 2.30. The van der Waals surface area contributed by atoms with Gasteiger partial charge < -0.3 is 0 Å². The van der Waals surface area contributed by atoms with Crippen LogP contribution in [0.4, 0.5) is 0 Å². The standard InChI is InChI=1S/C14H8N4O2S/c19-12-11-10(9-13(21-11)16-7-6-15-9)18(14(20)17-12)8-4-2-1-3-5-8/h1-7H,(H,17,19,20). The Morgan fingerprint density at radius 1 is 1.05 bits per heavy atom. The van der Waals surface area contributed by atoms with Crippen LogP contribution in [0, 0.1) is 0 Å². The van der Waals surface area contributed by atoms with Gasteiger partial charge in [-0.3, -0.25) is 14.3 Å². The van der Waals surface area contributed by atoms with Crippen molar-refractivity contribution in [3.63, 3.8) is 0 Å². The zero-order valence-corrected chi connectivity index (χ0v) is 11.4. The fourth-order valence-electron chi connectivity index (χ4n) is 2.31. The highest BCUT2D eigenvalue weighted by Gasteiger charge is 2.16. The topological polar surface area (TPSA) is 80.6 Å². The van der Waals surface area contributed by atoms with Gasteiger partial charge in [-0.2, -0.15) is 0 Å². The maximum atomic E-state index is 12.3. The van der Waals surface area contributed by atoms with E-state index in [9.17, 15) is 9.59 Å². The number of H-pyrrole nitrogens is 1. The van der Waals surface area contributed by atoms with Crippen LogP contribution in [0.5, 0.6) is 0 Å². The number of aromatic nitrogens is 4. The number of nitrogens with zero attached hydrogens (tertiary/aromatic N) is 3. The van der Waals surface area contributed by atoms with E-state index in [1.807, 2.05) is 18.2 Å². The van der Waals surface area contributed by atoms with E-state index in [-0.39, 0.29) is 0 Å². The molecule has 0 aliphatic carbocycles. The van der Waals surface area contributed by atoms with Gasteiger partial charge in [-0.15, -0.1) is 11.3 Å². The van der Waals surface area contributed by atoms with Crippen molar-refractivity contribution < 1.29 is 0 Å². The van der Waals surface area contributed by atoms with Crippen LogP contribution in [0.25, 0.3) is 26.3 Å². The van der Waals surface area contributed by atoms with Crippen molar-refractivity contribution in [1.29, 1.82) is 0 Å². The van der Waals surface area contributed by atoms with Crippen LogP contribution < -0.4 is 11.2 Å². The lowest BCUT2D eigenvalue weighted by Gasteiger charge is -2.06. The summed E-state index contributed by atoms with van der Waals surface area (Å²) < 4.78 is 1.91. The molecule has 3 heterocycles. The third-order valence-electron chi connectivity index (χ3n) is 3.17. The van der Waals surface area contributed by atoms with E-state index >= 15 is 0 Å². The smallest absolute Gasteiger partial charge is 0.272 e. The highest BCUT2D eigenvalue weighted by Crippen LogP contribution is 2.28. The van der Waals surface area contributed by atoms with Crippen molar-refractivity contribution in [3.05, 3.63) is 63.6 Å². The predicted octanol–water partition coefficient (Wildman–Crippen LogP) is 1.68. The Morgan fingerprint density at radius 3 is 2.62 bits per heavy atom. The van der Waals surface area contributed by atoms with Gasteiger partial charge in [-0.25, -0.2) is 14.8 Å². The van der Waals surface area contributed by atoms with Crippen LogP contribution in [-0.4, -0.2) is 19.5 Å². The number of hydrogen-bond acceptors (Lipinski definition) is 5. The van der Waals surface area contributed by atoms with Gasteiger partial charge in [-0.05, 0) is 12.1 Å². The number of rotatable bonds is 1. The number of benzene rings is 1. The van der Waals surface area contributed by atoms with Crippen molar-refractivity contribution in [2.45, 2.75) is 0 Å². The summed E-state index contributed by atoms with van der Waals surface area (Å²) in [6.45, 7) is 0. The fraction of sp³-hybridized carbons (Fsp3) is 0. The molecule has 1 N–H and O–H groups in total. The zero-order valence-electron chi connectivity index (χ0n) is 10.6. The van der Waals surface area contributed by atoms with Gasteiger partial charge in [0.15, 0.2) is 0 Å². The maximum absolute atomic E-state index is 12.3. The summed E-state index contributed by atoms with van der Waals surface area (Å²) in [5.74, 6) is 0. The highest BCUT2D eigenvalue weighted by molar-refractivity contribution is 7.25. The third kappa shape index (κ3) is 1.71. The van der Waals surface area contributed by atoms with Crippen LogP contribution >= 0.6 is 11.3 Å². The first-order valence-corrected chi connectivity index (χ1v) is 7.01. The molecule has 4 aromatic rings. The molecule has 0 unspecified atom stereocenters. The molecule has 1 aromatic carbocycles. The van der Waals surface area contributed by atoms with Crippen molar-refractivity contribution in [2.75, 3.05) is 0 Å². The molecule has 6 nitrogen and oxygen atoms in total. The average Bonchev–Trinajstić information content (AvgIpc) is 2.89. The summed E-state index contributed by atoms with van der Waals surface area (Å²) in [4.78, 5) is 35.8. The third-order valence-corrected chi connectivity index (χ3v) is 4.25. The second kappa shape index (κ2) is 4.35. The molecule has 7 heteroatoms. The SMILES string of the molecule is O=c1[nH]c(=O)n(-c2ccccc2)c2c1sc1nccnc12. The monoisotopic (exact) mass is 296 g/mol. The Kier molecular flexibility index (Phi) is 2.48. The fourth-order valence-corrected chi connectivity index (χ4v) is 3.29. The first kappa shape index (κ1) is 12.0. The van der Waals surface area contributed by atoms with Crippen LogP contribution in [0.15, 0.2) is 52.3 Å². The Labute approximate surface area is 121 Å². The Morgan fingerprint density at radius 2 is 1.81 bits per heavy atom. The van der Waals surface area contributed by atoms with E-state index in [1.165, 1.54) is 15.9 Å². The summed E-state index contributed by atoms with van der Waals surface area (Å²) in [6, 6.07) is 9.14. The van der Waals surface area contributed by atoms with Gasteiger partial charge in [0.1, 0.15) is 20.6 Å². The first-order valence-electron chi connectivity index (χ1n) is 6.19. The molecule has 0 radical (unpaired) electrons. The molecular formula is C14H8N4O2S. The molecule has 102 valence electrons. The van der Waals surface area contributed by atoms with Gasteiger partial charge in [0.05, 0.1) is 5.69 Å². The number of nitrogens with one attached hydrogen (secondary N) is 1. The molecular weight excluding hydrogens is 288 g/mol. The number of thiophene rings is 1. The minimum absolute atomic E-state index is 0.410. The molecule has 4 rings (SSSR count). The molecule has 0 aliphatic heterocycles. The van der Waals surface area contributed by atoms with E-state index in [4.69, 9.17) is 0 Å². The minimum Gasteiger partial charge on any atom is -0.272 e. The summed E-state index contributed by atoms with van der Waals surface area (Å²) in [5, 5.41) is 0. The predicted molar refractivity (Wildman–Crippen MR) is 81.1 cm³/mol. The zero-order chi connectivity index (χ0) is 14.4. The van der Waals surface area contributed by atoms with E-state index in [0.717, 1.165) is 0 Å². The highest BCUT2D eigenvalue weighted by atomic mass is 32.1. The first-order chi connectivity index (χ1) is 10.3. The quantitative estimate of drug-likeness (QED) is 0.579. The number of fused-ring (bicyclic) bond motifs is 3. The summed E-state index contributed by atoms with van der Waals surface area (Å²) in [6.07, 6.45) is 3.12. The molecule has 0 saturated carbocycles. The summed E-state index contributed by atoms with van der Waals surface area (Å²) >= 11 is 1.23. The van der Waals surface area contributed by atoms with E-state index < -0.39 is 11.2 Å². The molecule has 0 aliphatic rings. The molecule has 0 fully saturated rings. The van der Waals surface area contributed by atoms with Crippen molar-refractivity contribution in [2.24, 2.45) is 0 Å². The number of aromatic amines is 1. The Hall–Kier alpha value is -2.80. The van der Waals surface area contributed by atoms with Crippen LogP contribution in [0.3, 0.4) is 0 Å². The van der Waals surface area contributed by atoms with E-state index in [2.05, 4.69) is 15.0 Å². The lowest BCUT2D eigenvalue weighted by atomic mass is 10.3. The summed E-state index contributed by atoms with van der Waals surface area (Å²) in [7, 11) is 0. The van der Waals surface area contributed by atoms with E-state index in [0.29, 0.717) is 26.3 Å². The van der Waals surface area contributed by atoms with Crippen molar-refractivity contribution >= 4 is 31.9 Å². The second-order valence-electron chi connectivity index (χ2n) is 4.42. The van der Waals surface area contributed by atoms with E-state index in [1.54, 1.807) is 24.5 Å². The molecule has 3 aromatic heterocycles. The van der Waals surface area contributed by atoms with Crippen LogP contribution in [0.1, 0.15) is 0 Å². The van der Waals surface area contributed by atoms with Crippen LogP contribution in [0.2, 0.25) is 0 Å². The molecule has 0 spiro atoms. The molecule has 0 atom stereocenters. The molecule has 0 bridgehead atoms. The van der Waals surface area contributed by atoms with Crippen LogP contribution in [-0.2, 0) is 0 Å². The number of hydrogen-bond donors (Lipinski definition) is 1. The van der Waals surface area contributed by atoms with Gasteiger partial charge in [-0.1, -0.05) is 18.2 Å². The normalized spacial score (nSPS) is 11.2. The van der Waals surface area contributed by atoms with Gasteiger partial charge in [0, 0.05) is 12.4 Å². The molecule has 0 amide bonds. The molecule has 0 saturated heterocycles. The number of para-hydroxylation sites is 1. The lowest BCUT2D eigenvalue weighted by molar-refractivity contribution is 0.948. The van der Waals surface area contributed by atoms with Gasteiger partial charge in [0.25, 0.3) is 5.56 Å². The van der Waals surface area contributed by atoms with Crippen molar-refractivity contribution in [1.82, 2.24) is 19.5 Å². The van der Waals surface area contributed by atoms with Crippen molar-refractivity contribution in [3.8, 4) is 5.69 Å². The average molecular weight is 296 g/mol. The van der Waals surface area contributed by atoms with Gasteiger partial charge in [0.2, 0.25) is 0 Å².